The van der Waals surface area contributed by atoms with E-state index >= 15 is 0 Å². The smallest absolute Gasteiger partial charge is 0.348 e. The van der Waals surface area contributed by atoms with Crippen LogP contribution in [0.4, 0.5) is 27.9 Å². The summed E-state index contributed by atoms with van der Waals surface area (Å²) in [6.45, 7) is 2.58. The summed E-state index contributed by atoms with van der Waals surface area (Å²) in [6, 6.07) is 0.448. The molecule has 0 radical (unpaired) electrons. The molecule has 3 aromatic heterocycles. The summed E-state index contributed by atoms with van der Waals surface area (Å²) in [6.07, 6.45) is -2.29. The fourth-order valence-corrected chi connectivity index (χ4v) is 4.76. The Hall–Kier alpha value is -3.20. The second kappa shape index (κ2) is 9.35. The Morgan fingerprint density at radius 3 is 2.53 bits per heavy atom. The van der Waals surface area contributed by atoms with Crippen molar-refractivity contribution in [1.82, 2.24) is 28.8 Å². The minimum atomic E-state index is -4.83. The molecule has 1 aliphatic heterocycles. The van der Waals surface area contributed by atoms with E-state index in [4.69, 9.17) is 0 Å². The predicted molar refractivity (Wildman–Crippen MR) is 120 cm³/mol. The number of halogens is 5. The van der Waals surface area contributed by atoms with Gasteiger partial charge in [0.15, 0.2) is 5.82 Å². The molecule has 1 N–H and O–H groups in total. The number of alkyl halides is 4. The predicted octanol–water partition coefficient (Wildman–Crippen LogP) is 3.28. The molecule has 0 bridgehead atoms. The van der Waals surface area contributed by atoms with E-state index in [1.807, 2.05) is 0 Å². The van der Waals surface area contributed by atoms with Crippen molar-refractivity contribution in [1.29, 1.82) is 0 Å². The van der Waals surface area contributed by atoms with Gasteiger partial charge < -0.3 is 9.88 Å². The van der Waals surface area contributed by atoms with Gasteiger partial charge in [-0.25, -0.2) is 32.2 Å². The van der Waals surface area contributed by atoms with Gasteiger partial charge in [-0.3, -0.25) is 4.98 Å². The molecule has 1 fully saturated rings. The van der Waals surface area contributed by atoms with E-state index in [1.54, 1.807) is 0 Å². The first-order valence-corrected chi connectivity index (χ1v) is 12.6. The maximum absolute atomic E-state index is 14.7. The van der Waals surface area contributed by atoms with Gasteiger partial charge in [0, 0.05) is 31.7 Å². The minimum absolute atomic E-state index is 0.0327. The molecule has 1 aliphatic rings. The highest BCUT2D eigenvalue weighted by molar-refractivity contribution is 7.88. The number of piperidine rings is 1. The average molecular weight is 532 g/mol. The molecule has 4 rings (SSSR count). The van der Waals surface area contributed by atoms with E-state index < -0.39 is 52.0 Å². The van der Waals surface area contributed by atoms with Gasteiger partial charge in [0.05, 0.1) is 23.7 Å². The zero-order chi connectivity index (χ0) is 26.4. The van der Waals surface area contributed by atoms with Crippen LogP contribution in [0.25, 0.3) is 17.1 Å². The molecule has 194 valence electrons. The molecule has 0 unspecified atom stereocenters. The lowest BCUT2D eigenvalue weighted by atomic mass is 10.1. The van der Waals surface area contributed by atoms with Crippen molar-refractivity contribution in [3.8, 4) is 17.1 Å². The van der Waals surface area contributed by atoms with Gasteiger partial charge >= 0.3 is 6.18 Å². The van der Waals surface area contributed by atoms with E-state index in [1.165, 1.54) is 36.9 Å². The van der Waals surface area contributed by atoms with Crippen LogP contribution < -0.4 is 5.32 Å². The lowest BCUT2D eigenvalue weighted by Crippen LogP contribution is -2.49. The van der Waals surface area contributed by atoms with Gasteiger partial charge in [0.25, 0.3) is 0 Å². The van der Waals surface area contributed by atoms with E-state index in [0.717, 1.165) is 10.6 Å². The Bertz CT molecular complexity index is 1390. The highest BCUT2D eigenvalue weighted by Crippen LogP contribution is 2.36. The van der Waals surface area contributed by atoms with Crippen LogP contribution in [-0.4, -0.2) is 68.8 Å². The third kappa shape index (κ3) is 5.16. The van der Waals surface area contributed by atoms with Gasteiger partial charge in [0.1, 0.15) is 28.9 Å². The summed E-state index contributed by atoms with van der Waals surface area (Å²) in [5, 5.41) is 2.67. The quantitative estimate of drug-likeness (QED) is 0.504. The van der Waals surface area contributed by atoms with E-state index in [0.29, 0.717) is 6.20 Å². The van der Waals surface area contributed by atoms with Crippen molar-refractivity contribution in [2.75, 3.05) is 24.7 Å². The molecule has 0 spiro atoms. The molecular weight excluding hydrogens is 509 g/mol. The summed E-state index contributed by atoms with van der Waals surface area (Å²) < 4.78 is 96.2. The molecule has 0 aromatic carbocycles. The molecule has 0 saturated carbocycles. The summed E-state index contributed by atoms with van der Waals surface area (Å²) in [7, 11) is -3.58. The Balaban J connectivity index is 1.69. The minimum Gasteiger partial charge on any atom is -0.348 e. The number of nitrogens with one attached hydrogen (secondary N) is 1. The fraction of sp³-hybridized carbons (Fsp3) is 0.429. The van der Waals surface area contributed by atoms with Gasteiger partial charge in [-0.2, -0.15) is 17.5 Å². The van der Waals surface area contributed by atoms with Crippen LogP contribution in [0, 0.1) is 19.7 Å². The number of aryl methyl sites for hydroxylation is 2. The molecular formula is C21H22F5N7O2S. The standard InChI is InChI=1S/C21H22F5N7O2S/c1-11-18(23)17(4-6-27-11)33-10-16(29-12(33)2)19-13(21(24,25)26)8-28-20(31-19)30-15-5-7-32(9-14(15)22)36(3,34)35/h4,6,8,10,14-15H,5,7,9H2,1-3H3,(H,28,30,31)/t14-,15+/m1/s1. The van der Waals surface area contributed by atoms with Crippen molar-refractivity contribution in [2.45, 2.75) is 38.7 Å². The molecule has 15 heteroatoms. The van der Waals surface area contributed by atoms with Gasteiger partial charge in [0.2, 0.25) is 16.0 Å². The zero-order valence-electron chi connectivity index (χ0n) is 19.4. The third-order valence-electron chi connectivity index (χ3n) is 5.81. The number of hydrogen-bond donors (Lipinski definition) is 1. The lowest BCUT2D eigenvalue weighted by Gasteiger charge is -2.33. The van der Waals surface area contributed by atoms with Crippen LogP contribution in [-0.2, 0) is 16.2 Å². The number of pyridine rings is 1. The maximum Gasteiger partial charge on any atom is 0.420 e. The monoisotopic (exact) mass is 531 g/mol. The Morgan fingerprint density at radius 2 is 1.89 bits per heavy atom. The first kappa shape index (κ1) is 25.9. The van der Waals surface area contributed by atoms with Crippen LogP contribution in [0.1, 0.15) is 23.5 Å². The largest absolute Gasteiger partial charge is 0.420 e. The summed E-state index contributed by atoms with van der Waals surface area (Å²) in [4.78, 5) is 15.7. The van der Waals surface area contributed by atoms with Crippen LogP contribution in [0.5, 0.6) is 0 Å². The van der Waals surface area contributed by atoms with Crippen LogP contribution >= 0.6 is 0 Å². The molecule has 1 saturated heterocycles. The first-order chi connectivity index (χ1) is 16.8. The summed E-state index contributed by atoms with van der Waals surface area (Å²) in [5.41, 5.74) is -1.78. The first-order valence-electron chi connectivity index (χ1n) is 10.7. The SMILES string of the molecule is Cc1nccc(-n2cc(-c3nc(N[C@H]4CCN(S(C)(=O)=O)C[C@H]4F)ncc3C(F)(F)F)nc2C)c1F. The summed E-state index contributed by atoms with van der Waals surface area (Å²) in [5.74, 6) is -0.732. The molecule has 2 atom stereocenters. The van der Waals surface area contributed by atoms with Crippen molar-refractivity contribution in [3.63, 3.8) is 0 Å². The highest BCUT2D eigenvalue weighted by Gasteiger charge is 2.37. The number of imidazole rings is 1. The Labute approximate surface area is 203 Å². The van der Waals surface area contributed by atoms with E-state index in [9.17, 15) is 30.4 Å². The summed E-state index contributed by atoms with van der Waals surface area (Å²) >= 11 is 0. The number of hydrogen-bond acceptors (Lipinski definition) is 7. The van der Waals surface area contributed by atoms with Crippen molar-refractivity contribution >= 4 is 16.0 Å². The second-order valence-corrected chi connectivity index (χ2v) is 10.4. The normalized spacial score (nSPS) is 19.4. The Morgan fingerprint density at radius 1 is 1.17 bits per heavy atom. The van der Waals surface area contributed by atoms with Crippen LogP contribution in [0.2, 0.25) is 0 Å². The molecule has 0 amide bonds. The fourth-order valence-electron chi connectivity index (χ4n) is 3.91. The van der Waals surface area contributed by atoms with Crippen LogP contribution in [0.15, 0.2) is 24.7 Å². The third-order valence-corrected chi connectivity index (χ3v) is 7.08. The van der Waals surface area contributed by atoms with Gasteiger partial charge in [-0.05, 0) is 26.3 Å². The second-order valence-electron chi connectivity index (χ2n) is 8.40. The number of aromatic nitrogens is 5. The highest BCUT2D eigenvalue weighted by atomic mass is 32.2. The number of anilines is 1. The van der Waals surface area contributed by atoms with Gasteiger partial charge in [-0.15, -0.1) is 0 Å². The molecule has 0 aliphatic carbocycles. The molecule has 9 nitrogen and oxygen atoms in total. The van der Waals surface area contributed by atoms with E-state index in [-0.39, 0.29) is 41.8 Å². The maximum atomic E-state index is 14.7. The number of rotatable bonds is 5. The topological polar surface area (TPSA) is 106 Å². The molecule has 3 aromatic rings. The number of sulfonamides is 1. The van der Waals surface area contributed by atoms with Crippen LogP contribution in [0.3, 0.4) is 0 Å². The average Bonchev–Trinajstić information content (AvgIpc) is 3.17. The molecule has 4 heterocycles. The lowest BCUT2D eigenvalue weighted by molar-refractivity contribution is -0.137. The van der Waals surface area contributed by atoms with Crippen molar-refractivity contribution in [3.05, 3.63) is 47.6 Å². The number of nitrogens with zero attached hydrogens (tertiary/aromatic N) is 6. The Kier molecular flexibility index (Phi) is 6.72. The molecule has 36 heavy (non-hydrogen) atoms. The van der Waals surface area contributed by atoms with Crippen molar-refractivity contribution < 1.29 is 30.4 Å². The zero-order valence-corrected chi connectivity index (χ0v) is 20.2. The van der Waals surface area contributed by atoms with Crippen molar-refractivity contribution in [2.24, 2.45) is 0 Å². The van der Waals surface area contributed by atoms with E-state index in [2.05, 4.69) is 25.3 Å². The van der Waals surface area contributed by atoms with Gasteiger partial charge in [-0.1, -0.05) is 0 Å².